The molecule has 4 rings (SSSR count). The van der Waals surface area contributed by atoms with Crippen molar-refractivity contribution in [1.82, 2.24) is 14.8 Å². The Balaban J connectivity index is 1.51. The van der Waals surface area contributed by atoms with Crippen molar-refractivity contribution in [1.29, 1.82) is 0 Å². The fraction of sp³-hybridized carbons (Fsp3) is 0.150. The maximum Gasteiger partial charge on any atom is 0.234 e. The molecule has 4 aromatic rings. The molecule has 8 heteroatoms. The topological polar surface area (TPSA) is 86.1 Å². The third kappa shape index (κ3) is 4.01. The zero-order valence-electron chi connectivity index (χ0n) is 15.2. The number of thioether (sulfide) groups is 1. The van der Waals surface area contributed by atoms with Crippen LogP contribution in [-0.2, 0) is 11.3 Å². The Morgan fingerprint density at radius 2 is 1.89 bits per heavy atom. The van der Waals surface area contributed by atoms with E-state index in [1.807, 2.05) is 54.0 Å². The lowest BCUT2D eigenvalue weighted by atomic mass is 10.2. The minimum absolute atomic E-state index is 0.105. The standard InChI is InChI=1S/C20H18N4O3S/c1-14-6-2-3-8-16(14)21-18(25)13-28-20-23-22-19(17-9-5-11-27-17)24(20)12-15-7-4-10-26-15/h2-11H,12-13H2,1H3,(H,21,25). The molecule has 0 aliphatic rings. The van der Waals surface area contributed by atoms with E-state index in [1.165, 1.54) is 11.8 Å². The van der Waals surface area contributed by atoms with Gasteiger partial charge in [0.15, 0.2) is 10.9 Å². The van der Waals surface area contributed by atoms with E-state index in [0.717, 1.165) is 17.0 Å². The molecule has 0 saturated heterocycles. The van der Waals surface area contributed by atoms with Gasteiger partial charge in [0, 0.05) is 5.69 Å². The summed E-state index contributed by atoms with van der Waals surface area (Å²) in [5.41, 5.74) is 1.82. The molecule has 1 aromatic carbocycles. The summed E-state index contributed by atoms with van der Waals surface area (Å²) >= 11 is 1.31. The number of aryl methyl sites for hydroxylation is 1. The molecular weight excluding hydrogens is 376 g/mol. The molecule has 1 amide bonds. The quantitative estimate of drug-likeness (QED) is 0.472. The molecule has 0 aliphatic heterocycles. The summed E-state index contributed by atoms with van der Waals surface area (Å²) in [7, 11) is 0. The molecule has 28 heavy (non-hydrogen) atoms. The van der Waals surface area contributed by atoms with Gasteiger partial charge in [-0.15, -0.1) is 10.2 Å². The molecule has 3 heterocycles. The van der Waals surface area contributed by atoms with Crippen LogP contribution < -0.4 is 5.32 Å². The highest BCUT2D eigenvalue weighted by Gasteiger charge is 2.18. The van der Waals surface area contributed by atoms with Gasteiger partial charge in [0.25, 0.3) is 0 Å². The van der Waals surface area contributed by atoms with E-state index < -0.39 is 0 Å². The fourth-order valence-electron chi connectivity index (χ4n) is 2.71. The largest absolute Gasteiger partial charge is 0.467 e. The minimum atomic E-state index is -0.105. The number of anilines is 1. The van der Waals surface area contributed by atoms with E-state index in [2.05, 4.69) is 15.5 Å². The number of furan rings is 2. The molecule has 7 nitrogen and oxygen atoms in total. The van der Waals surface area contributed by atoms with Crippen LogP contribution in [-0.4, -0.2) is 26.4 Å². The number of hydrogen-bond donors (Lipinski definition) is 1. The highest BCUT2D eigenvalue weighted by molar-refractivity contribution is 7.99. The number of amides is 1. The molecule has 3 aromatic heterocycles. The van der Waals surface area contributed by atoms with Crippen molar-refractivity contribution in [3.05, 3.63) is 72.4 Å². The van der Waals surface area contributed by atoms with E-state index in [0.29, 0.717) is 23.3 Å². The lowest BCUT2D eigenvalue weighted by Gasteiger charge is -2.09. The summed E-state index contributed by atoms with van der Waals surface area (Å²) in [5, 5.41) is 12.0. The molecule has 0 fully saturated rings. The predicted octanol–water partition coefficient (Wildman–Crippen LogP) is 4.22. The van der Waals surface area contributed by atoms with Gasteiger partial charge >= 0.3 is 0 Å². The number of hydrogen-bond acceptors (Lipinski definition) is 6. The number of carbonyl (C=O) groups is 1. The lowest BCUT2D eigenvalue weighted by Crippen LogP contribution is -2.15. The summed E-state index contributed by atoms with van der Waals surface area (Å²) in [5.74, 6) is 2.06. The monoisotopic (exact) mass is 394 g/mol. The molecule has 142 valence electrons. The molecule has 0 bridgehead atoms. The smallest absolute Gasteiger partial charge is 0.234 e. The molecule has 0 spiro atoms. The van der Waals surface area contributed by atoms with Gasteiger partial charge in [0.1, 0.15) is 5.76 Å². The second-order valence-electron chi connectivity index (χ2n) is 6.10. The van der Waals surface area contributed by atoms with Crippen LogP contribution in [0.1, 0.15) is 11.3 Å². The summed E-state index contributed by atoms with van der Waals surface area (Å²) in [4.78, 5) is 12.4. The maximum absolute atomic E-state index is 12.4. The second-order valence-corrected chi connectivity index (χ2v) is 7.04. The van der Waals surface area contributed by atoms with Crippen LogP contribution in [0.3, 0.4) is 0 Å². The molecule has 0 saturated carbocycles. The molecular formula is C20H18N4O3S. The van der Waals surface area contributed by atoms with Crippen LogP contribution in [0.5, 0.6) is 0 Å². The first kappa shape index (κ1) is 18.1. The van der Waals surface area contributed by atoms with Crippen molar-refractivity contribution in [2.24, 2.45) is 0 Å². The number of carbonyl (C=O) groups excluding carboxylic acids is 1. The van der Waals surface area contributed by atoms with Crippen LogP contribution in [0, 0.1) is 6.92 Å². The average molecular weight is 394 g/mol. The Bertz CT molecular complexity index is 1060. The Morgan fingerprint density at radius 1 is 1.07 bits per heavy atom. The minimum Gasteiger partial charge on any atom is -0.467 e. The van der Waals surface area contributed by atoms with Crippen molar-refractivity contribution in [3.63, 3.8) is 0 Å². The van der Waals surface area contributed by atoms with Crippen LogP contribution >= 0.6 is 11.8 Å². The van der Waals surface area contributed by atoms with Crippen molar-refractivity contribution in [3.8, 4) is 11.6 Å². The molecule has 0 aliphatic carbocycles. The number of rotatable bonds is 7. The molecule has 0 atom stereocenters. The van der Waals surface area contributed by atoms with Crippen molar-refractivity contribution in [2.75, 3.05) is 11.1 Å². The lowest BCUT2D eigenvalue weighted by molar-refractivity contribution is -0.113. The summed E-state index contributed by atoms with van der Waals surface area (Å²) in [6.45, 7) is 2.40. The van der Waals surface area contributed by atoms with E-state index >= 15 is 0 Å². The van der Waals surface area contributed by atoms with Gasteiger partial charge in [-0.2, -0.15) is 0 Å². The molecule has 0 radical (unpaired) electrons. The van der Waals surface area contributed by atoms with Crippen LogP contribution in [0.15, 0.2) is 75.0 Å². The van der Waals surface area contributed by atoms with Crippen LogP contribution in [0.25, 0.3) is 11.6 Å². The SMILES string of the molecule is Cc1ccccc1NC(=O)CSc1nnc(-c2ccco2)n1Cc1ccco1. The number of benzene rings is 1. The second kappa shape index (κ2) is 8.18. The number of para-hydroxylation sites is 1. The third-order valence-corrected chi connectivity index (χ3v) is 5.07. The van der Waals surface area contributed by atoms with Gasteiger partial charge in [-0.05, 0) is 42.8 Å². The van der Waals surface area contributed by atoms with Gasteiger partial charge < -0.3 is 14.2 Å². The van der Waals surface area contributed by atoms with E-state index in [1.54, 1.807) is 18.6 Å². The number of aromatic nitrogens is 3. The zero-order valence-corrected chi connectivity index (χ0v) is 16.0. The van der Waals surface area contributed by atoms with Crippen molar-refractivity contribution >= 4 is 23.4 Å². The Labute approximate surface area is 165 Å². The normalized spacial score (nSPS) is 10.9. The number of nitrogens with one attached hydrogen (secondary N) is 1. The van der Waals surface area contributed by atoms with Gasteiger partial charge in [-0.25, -0.2) is 0 Å². The first-order valence-corrected chi connectivity index (χ1v) is 9.67. The predicted molar refractivity (Wildman–Crippen MR) is 106 cm³/mol. The first-order chi connectivity index (χ1) is 13.7. The van der Waals surface area contributed by atoms with Gasteiger partial charge in [-0.1, -0.05) is 30.0 Å². The van der Waals surface area contributed by atoms with Gasteiger partial charge in [0.2, 0.25) is 11.7 Å². The summed E-state index contributed by atoms with van der Waals surface area (Å²) in [6.07, 6.45) is 3.21. The molecule has 1 N–H and O–H groups in total. The molecule has 0 unspecified atom stereocenters. The fourth-order valence-corrected chi connectivity index (χ4v) is 3.45. The van der Waals surface area contributed by atoms with E-state index in [4.69, 9.17) is 8.83 Å². The summed E-state index contributed by atoms with van der Waals surface area (Å²) in [6, 6.07) is 15.0. The van der Waals surface area contributed by atoms with Gasteiger partial charge in [0.05, 0.1) is 24.8 Å². The van der Waals surface area contributed by atoms with Crippen LogP contribution in [0.2, 0.25) is 0 Å². The Morgan fingerprint density at radius 3 is 2.64 bits per heavy atom. The van der Waals surface area contributed by atoms with Crippen LogP contribution in [0.4, 0.5) is 5.69 Å². The van der Waals surface area contributed by atoms with Crippen molar-refractivity contribution in [2.45, 2.75) is 18.6 Å². The highest BCUT2D eigenvalue weighted by atomic mass is 32.2. The summed E-state index contributed by atoms with van der Waals surface area (Å²) < 4.78 is 12.8. The highest BCUT2D eigenvalue weighted by Crippen LogP contribution is 2.26. The third-order valence-electron chi connectivity index (χ3n) is 4.10. The maximum atomic E-state index is 12.4. The number of nitrogens with zero attached hydrogens (tertiary/aromatic N) is 3. The van der Waals surface area contributed by atoms with Crippen molar-refractivity contribution < 1.29 is 13.6 Å². The first-order valence-electron chi connectivity index (χ1n) is 8.68. The average Bonchev–Trinajstić information content (AvgIpc) is 3.44. The zero-order chi connectivity index (χ0) is 19.3. The van der Waals surface area contributed by atoms with E-state index in [-0.39, 0.29) is 11.7 Å². The Hall–Kier alpha value is -3.26. The van der Waals surface area contributed by atoms with Gasteiger partial charge in [-0.3, -0.25) is 9.36 Å². The van der Waals surface area contributed by atoms with E-state index in [9.17, 15) is 4.79 Å². The Kier molecular flexibility index (Phi) is 5.29.